The Morgan fingerprint density at radius 2 is 2.12 bits per heavy atom. The second-order valence-electron chi connectivity index (χ2n) is 8.42. The van der Waals surface area contributed by atoms with Gasteiger partial charge in [0.2, 0.25) is 0 Å². The smallest absolute Gasteiger partial charge is 0.134 e. The number of nitrogens with two attached hydrogens (primary N) is 1. The molecule has 24 heavy (non-hydrogen) atoms. The van der Waals surface area contributed by atoms with Crippen molar-refractivity contribution in [2.75, 3.05) is 18.8 Å². The summed E-state index contributed by atoms with van der Waals surface area (Å²) in [5.41, 5.74) is 10.3. The van der Waals surface area contributed by atoms with Gasteiger partial charge in [0, 0.05) is 23.4 Å². The van der Waals surface area contributed by atoms with E-state index in [0.717, 1.165) is 23.2 Å². The number of nitrogens with zero attached hydrogens (tertiary/aromatic N) is 3. The van der Waals surface area contributed by atoms with Crippen LogP contribution in [0.15, 0.2) is 18.5 Å². The number of aromatic nitrogens is 2. The summed E-state index contributed by atoms with van der Waals surface area (Å²) < 4.78 is 0. The molecule has 1 saturated carbocycles. The minimum atomic E-state index is 0.193. The average molecular weight is 322 g/mol. The highest BCUT2D eigenvalue weighted by Crippen LogP contribution is 2.51. The molecule has 5 rings (SSSR count). The molecular weight excluding hydrogens is 296 g/mol. The van der Waals surface area contributed by atoms with Crippen LogP contribution in [-0.2, 0) is 11.8 Å². The summed E-state index contributed by atoms with van der Waals surface area (Å²) in [5, 5.41) is 1.02. The van der Waals surface area contributed by atoms with Crippen LogP contribution in [0, 0.1) is 11.8 Å². The number of anilines is 1. The molecule has 2 fully saturated rings. The molecule has 2 aliphatic carbocycles. The van der Waals surface area contributed by atoms with E-state index in [-0.39, 0.29) is 5.41 Å². The van der Waals surface area contributed by atoms with Crippen molar-refractivity contribution in [3.63, 3.8) is 0 Å². The maximum atomic E-state index is 6.12. The van der Waals surface area contributed by atoms with Gasteiger partial charge in [-0.05, 0) is 61.3 Å². The predicted molar refractivity (Wildman–Crippen MR) is 96.9 cm³/mol. The zero-order valence-electron chi connectivity index (χ0n) is 14.6. The summed E-state index contributed by atoms with van der Waals surface area (Å²) in [6.45, 7) is 7.44. The Kier molecular flexibility index (Phi) is 3.00. The van der Waals surface area contributed by atoms with Crippen molar-refractivity contribution in [2.24, 2.45) is 11.8 Å². The van der Waals surface area contributed by atoms with Crippen LogP contribution < -0.4 is 5.73 Å². The fourth-order valence-electron chi connectivity index (χ4n) is 5.25. The van der Waals surface area contributed by atoms with Crippen molar-refractivity contribution in [2.45, 2.75) is 51.0 Å². The number of rotatable bonds is 2. The van der Waals surface area contributed by atoms with E-state index >= 15 is 0 Å². The van der Waals surface area contributed by atoms with Crippen LogP contribution in [0.2, 0.25) is 0 Å². The Hall–Kier alpha value is -1.68. The lowest BCUT2D eigenvalue weighted by Gasteiger charge is -2.55. The quantitative estimate of drug-likeness (QED) is 0.923. The summed E-state index contributed by atoms with van der Waals surface area (Å²) in [6, 6.07) is 5.09. The van der Waals surface area contributed by atoms with Gasteiger partial charge in [0.05, 0.1) is 5.52 Å². The van der Waals surface area contributed by atoms with Gasteiger partial charge in [-0.2, -0.15) is 0 Å². The van der Waals surface area contributed by atoms with Gasteiger partial charge >= 0.3 is 0 Å². The van der Waals surface area contributed by atoms with Gasteiger partial charge in [-0.3, -0.25) is 4.90 Å². The summed E-state index contributed by atoms with van der Waals surface area (Å²) >= 11 is 0. The molecule has 3 atom stereocenters. The fourth-order valence-corrected chi connectivity index (χ4v) is 5.25. The summed E-state index contributed by atoms with van der Waals surface area (Å²) in [6.07, 6.45) is 6.87. The Bertz CT molecular complexity index is 813. The molecule has 4 heteroatoms. The molecule has 126 valence electrons. The Balaban J connectivity index is 1.66. The first-order valence-electron chi connectivity index (χ1n) is 9.34. The molecule has 0 radical (unpaired) electrons. The Labute approximate surface area is 143 Å². The highest BCUT2D eigenvalue weighted by molar-refractivity contribution is 5.91. The van der Waals surface area contributed by atoms with Crippen LogP contribution in [0.4, 0.5) is 5.82 Å². The third-order valence-corrected chi connectivity index (χ3v) is 7.08. The number of likely N-dealkylation sites (tertiary alicyclic amines) is 1. The fraction of sp³-hybridized carbons (Fsp3) is 0.600. The summed E-state index contributed by atoms with van der Waals surface area (Å²) in [5.74, 6) is 2.22. The molecule has 2 bridgehead atoms. The van der Waals surface area contributed by atoms with Gasteiger partial charge in [-0.1, -0.05) is 19.9 Å². The first kappa shape index (κ1) is 14.6. The third kappa shape index (κ3) is 1.95. The van der Waals surface area contributed by atoms with Crippen molar-refractivity contribution in [3.05, 3.63) is 29.6 Å². The van der Waals surface area contributed by atoms with Crippen molar-refractivity contribution >= 4 is 16.7 Å². The molecular formula is C20H26N4. The van der Waals surface area contributed by atoms with Gasteiger partial charge in [-0.15, -0.1) is 0 Å². The first-order valence-corrected chi connectivity index (χ1v) is 9.34. The topological polar surface area (TPSA) is 55.0 Å². The van der Waals surface area contributed by atoms with Gasteiger partial charge < -0.3 is 5.73 Å². The van der Waals surface area contributed by atoms with Crippen molar-refractivity contribution in [3.8, 4) is 0 Å². The molecule has 0 amide bonds. The molecule has 4 nitrogen and oxygen atoms in total. The minimum Gasteiger partial charge on any atom is -0.383 e. The van der Waals surface area contributed by atoms with E-state index in [1.165, 1.54) is 43.5 Å². The number of benzene rings is 1. The van der Waals surface area contributed by atoms with Gasteiger partial charge in [0.15, 0.2) is 0 Å². The molecule has 1 aromatic carbocycles. The second kappa shape index (κ2) is 4.92. The van der Waals surface area contributed by atoms with Crippen molar-refractivity contribution in [1.29, 1.82) is 0 Å². The largest absolute Gasteiger partial charge is 0.383 e. The zero-order valence-corrected chi connectivity index (χ0v) is 14.6. The van der Waals surface area contributed by atoms with Gasteiger partial charge in [-0.25, -0.2) is 9.97 Å². The molecule has 1 saturated heterocycles. The number of fused-ring (bicyclic) bond motifs is 6. The number of nitrogen functional groups attached to an aromatic ring is 1. The molecule has 0 spiro atoms. The zero-order chi connectivity index (χ0) is 16.5. The molecule has 2 aromatic rings. The average Bonchev–Trinajstić information content (AvgIpc) is 3.37. The van der Waals surface area contributed by atoms with Gasteiger partial charge in [0.1, 0.15) is 12.1 Å². The Morgan fingerprint density at radius 1 is 1.29 bits per heavy atom. The second-order valence-corrected chi connectivity index (χ2v) is 8.42. The van der Waals surface area contributed by atoms with E-state index in [4.69, 9.17) is 5.73 Å². The number of piperidine rings is 1. The van der Waals surface area contributed by atoms with Gasteiger partial charge in [0.25, 0.3) is 0 Å². The van der Waals surface area contributed by atoms with Crippen LogP contribution in [0.25, 0.3) is 10.9 Å². The van der Waals surface area contributed by atoms with E-state index in [1.807, 2.05) is 0 Å². The van der Waals surface area contributed by atoms with Crippen LogP contribution in [0.1, 0.15) is 44.2 Å². The molecule has 2 N–H and O–H groups in total. The van der Waals surface area contributed by atoms with Crippen molar-refractivity contribution in [1.82, 2.24) is 14.9 Å². The van der Waals surface area contributed by atoms with Crippen molar-refractivity contribution < 1.29 is 0 Å². The molecule has 1 aliphatic heterocycles. The first-order chi connectivity index (χ1) is 11.6. The molecule has 1 aromatic heterocycles. The third-order valence-electron chi connectivity index (χ3n) is 7.08. The predicted octanol–water partition coefficient (Wildman–Crippen LogP) is 3.15. The van der Waals surface area contributed by atoms with E-state index in [1.54, 1.807) is 6.33 Å². The normalized spacial score (nSPS) is 32.8. The molecule has 0 unspecified atom stereocenters. The lowest BCUT2D eigenvalue weighted by Crippen LogP contribution is -2.58. The standard InChI is InChI=1S/C20H26N4/c1-12-16-9-14-5-6-15-18(22-11-23-19(15)21)17(14)20(12,2)7-8-24(16)10-13-3-4-13/h5-6,11-13,16H,3-4,7-10H2,1-2H3,(H2,21,22,23)/t12-,16+,20+/m0/s1. The summed E-state index contributed by atoms with van der Waals surface area (Å²) in [7, 11) is 0. The van der Waals surface area contributed by atoms with Crippen LogP contribution in [0.3, 0.4) is 0 Å². The molecule has 3 aliphatic rings. The Morgan fingerprint density at radius 3 is 2.92 bits per heavy atom. The van der Waals surface area contributed by atoms with E-state index < -0.39 is 0 Å². The summed E-state index contributed by atoms with van der Waals surface area (Å²) in [4.78, 5) is 11.6. The lowest BCUT2D eigenvalue weighted by molar-refractivity contribution is 0.0291. The SMILES string of the molecule is C[C@H]1[C@H]2Cc3ccc4c(N)ncnc4c3[C@]1(C)CCN2CC1CC1. The van der Waals surface area contributed by atoms with Crippen LogP contribution in [-0.4, -0.2) is 34.0 Å². The number of hydrogen-bond acceptors (Lipinski definition) is 4. The maximum absolute atomic E-state index is 6.12. The highest BCUT2D eigenvalue weighted by Gasteiger charge is 2.49. The monoisotopic (exact) mass is 322 g/mol. The van der Waals surface area contributed by atoms with Crippen LogP contribution in [0.5, 0.6) is 0 Å². The van der Waals surface area contributed by atoms with Crippen LogP contribution >= 0.6 is 0 Å². The van der Waals surface area contributed by atoms with E-state index in [2.05, 4.69) is 40.8 Å². The van der Waals surface area contributed by atoms with E-state index in [9.17, 15) is 0 Å². The lowest BCUT2D eigenvalue weighted by atomic mass is 9.58. The minimum absolute atomic E-state index is 0.193. The highest BCUT2D eigenvalue weighted by atomic mass is 15.2. The number of hydrogen-bond donors (Lipinski definition) is 1. The molecule has 2 heterocycles. The van der Waals surface area contributed by atoms with E-state index in [0.29, 0.717) is 17.8 Å². The maximum Gasteiger partial charge on any atom is 0.134 e.